The van der Waals surface area contributed by atoms with E-state index in [0.29, 0.717) is 6.04 Å². The maximum Gasteiger partial charge on any atom is 0.115 e. The number of hydrogen-bond acceptors (Lipinski definition) is 3. The summed E-state index contributed by atoms with van der Waals surface area (Å²) in [6.07, 6.45) is 10.2. The highest BCUT2D eigenvalue weighted by molar-refractivity contribution is 5.27. The Morgan fingerprint density at radius 1 is 1.14 bits per heavy atom. The molecule has 0 aliphatic heterocycles. The summed E-state index contributed by atoms with van der Waals surface area (Å²) in [7, 11) is 0. The summed E-state index contributed by atoms with van der Waals surface area (Å²) in [5.41, 5.74) is 4.28. The van der Waals surface area contributed by atoms with Crippen LogP contribution in [0.1, 0.15) is 70.3 Å². The van der Waals surface area contributed by atoms with E-state index in [1.165, 1.54) is 42.6 Å². The second kappa shape index (κ2) is 7.35. The van der Waals surface area contributed by atoms with Crippen LogP contribution in [0, 0.1) is 5.41 Å². The van der Waals surface area contributed by atoms with Gasteiger partial charge in [0.15, 0.2) is 0 Å². The van der Waals surface area contributed by atoms with Crippen molar-refractivity contribution >= 4 is 0 Å². The van der Waals surface area contributed by atoms with E-state index in [9.17, 15) is 0 Å². The van der Waals surface area contributed by atoms with Crippen LogP contribution in [0.2, 0.25) is 0 Å². The smallest absolute Gasteiger partial charge is 0.115 e. The zero-order chi connectivity index (χ0) is 15.3. The Morgan fingerprint density at radius 3 is 2.62 bits per heavy atom. The van der Waals surface area contributed by atoms with Crippen molar-refractivity contribution in [2.45, 2.75) is 78.7 Å². The highest BCUT2D eigenvalue weighted by atomic mass is 14.9. The van der Waals surface area contributed by atoms with E-state index in [1.54, 1.807) is 6.33 Å². The highest BCUT2D eigenvalue weighted by Crippen LogP contribution is 2.26. The maximum absolute atomic E-state index is 4.64. The van der Waals surface area contributed by atoms with E-state index in [1.807, 2.05) is 0 Å². The summed E-state index contributed by atoms with van der Waals surface area (Å²) < 4.78 is 0. The van der Waals surface area contributed by atoms with Gasteiger partial charge in [-0.1, -0.05) is 34.1 Å². The molecule has 0 radical (unpaired) electrons. The number of nitrogens with zero attached hydrogens (tertiary/aromatic N) is 2. The van der Waals surface area contributed by atoms with E-state index >= 15 is 0 Å². The van der Waals surface area contributed by atoms with Crippen LogP contribution in [0.5, 0.6) is 0 Å². The van der Waals surface area contributed by atoms with Crippen molar-refractivity contribution in [3.63, 3.8) is 0 Å². The van der Waals surface area contributed by atoms with Crippen molar-refractivity contribution in [3.05, 3.63) is 23.3 Å². The van der Waals surface area contributed by atoms with Gasteiger partial charge in [0, 0.05) is 23.9 Å². The van der Waals surface area contributed by atoms with E-state index in [-0.39, 0.29) is 5.41 Å². The molecule has 1 unspecified atom stereocenters. The number of aromatic nitrogens is 2. The minimum Gasteiger partial charge on any atom is -0.313 e. The summed E-state index contributed by atoms with van der Waals surface area (Å²) >= 11 is 0. The standard InChI is InChI=1S/C18H31N3/c1-5-11-19-17(18(2,3)4)12-16-14-9-7-6-8-10-15(14)20-13-21-16/h13,17,19H,5-12H2,1-4H3. The Balaban J connectivity index is 2.20. The van der Waals surface area contributed by atoms with Crippen LogP contribution in [0.25, 0.3) is 0 Å². The van der Waals surface area contributed by atoms with Gasteiger partial charge in [-0.3, -0.25) is 0 Å². The number of rotatable bonds is 5. The summed E-state index contributed by atoms with van der Waals surface area (Å²) in [6.45, 7) is 10.3. The lowest BCUT2D eigenvalue weighted by molar-refractivity contribution is 0.265. The first-order valence-electron chi connectivity index (χ1n) is 8.57. The highest BCUT2D eigenvalue weighted by Gasteiger charge is 2.26. The average molecular weight is 289 g/mol. The van der Waals surface area contributed by atoms with Crippen molar-refractivity contribution in [2.24, 2.45) is 5.41 Å². The largest absolute Gasteiger partial charge is 0.313 e. The molecule has 1 aromatic heterocycles. The van der Waals surface area contributed by atoms with E-state index in [2.05, 4.69) is 43.0 Å². The molecule has 3 heteroatoms. The Kier molecular flexibility index (Phi) is 5.74. The molecule has 1 aromatic rings. The lowest BCUT2D eigenvalue weighted by Gasteiger charge is -2.32. The normalized spacial score (nSPS) is 17.1. The van der Waals surface area contributed by atoms with Gasteiger partial charge >= 0.3 is 0 Å². The summed E-state index contributed by atoms with van der Waals surface area (Å²) in [5, 5.41) is 3.72. The van der Waals surface area contributed by atoms with Crippen molar-refractivity contribution in [1.82, 2.24) is 15.3 Å². The van der Waals surface area contributed by atoms with Crippen LogP contribution < -0.4 is 5.32 Å². The number of hydrogen-bond donors (Lipinski definition) is 1. The molecular weight excluding hydrogens is 258 g/mol. The third-order valence-electron chi connectivity index (χ3n) is 4.55. The molecule has 1 aliphatic rings. The molecule has 0 aromatic carbocycles. The summed E-state index contributed by atoms with van der Waals surface area (Å²) in [4.78, 5) is 9.18. The molecule has 21 heavy (non-hydrogen) atoms. The molecular formula is C18H31N3. The third kappa shape index (κ3) is 4.50. The van der Waals surface area contributed by atoms with Gasteiger partial charge in [0.05, 0.1) is 0 Å². The molecule has 0 saturated carbocycles. The number of nitrogens with one attached hydrogen (secondary N) is 1. The Bertz CT molecular complexity index is 448. The van der Waals surface area contributed by atoms with Crippen molar-refractivity contribution in [3.8, 4) is 0 Å². The number of aryl methyl sites for hydroxylation is 1. The van der Waals surface area contributed by atoms with Crippen LogP contribution >= 0.6 is 0 Å². The Labute approximate surface area is 130 Å². The molecule has 0 bridgehead atoms. The van der Waals surface area contributed by atoms with Gasteiger partial charge in [-0.25, -0.2) is 9.97 Å². The van der Waals surface area contributed by atoms with Gasteiger partial charge in [-0.2, -0.15) is 0 Å². The van der Waals surface area contributed by atoms with Gasteiger partial charge in [0.2, 0.25) is 0 Å². The molecule has 1 heterocycles. The first-order valence-corrected chi connectivity index (χ1v) is 8.57. The van der Waals surface area contributed by atoms with Gasteiger partial charge in [-0.15, -0.1) is 0 Å². The maximum atomic E-state index is 4.64. The molecule has 3 nitrogen and oxygen atoms in total. The molecule has 0 saturated heterocycles. The molecule has 0 spiro atoms. The lowest BCUT2D eigenvalue weighted by Crippen LogP contribution is -2.42. The Morgan fingerprint density at radius 2 is 1.90 bits per heavy atom. The van der Waals surface area contributed by atoms with Crippen LogP contribution in [0.4, 0.5) is 0 Å². The second-order valence-electron chi connectivity index (χ2n) is 7.38. The lowest BCUT2D eigenvalue weighted by atomic mass is 9.83. The van der Waals surface area contributed by atoms with Gasteiger partial charge in [0.25, 0.3) is 0 Å². The zero-order valence-electron chi connectivity index (χ0n) is 14.2. The van der Waals surface area contributed by atoms with Crippen molar-refractivity contribution < 1.29 is 0 Å². The van der Waals surface area contributed by atoms with E-state index < -0.39 is 0 Å². The van der Waals surface area contributed by atoms with Crippen LogP contribution in [0.3, 0.4) is 0 Å². The molecule has 118 valence electrons. The topological polar surface area (TPSA) is 37.8 Å². The van der Waals surface area contributed by atoms with Gasteiger partial charge < -0.3 is 5.32 Å². The Hall–Kier alpha value is -0.960. The van der Waals surface area contributed by atoms with Gasteiger partial charge in [-0.05, 0) is 49.6 Å². The zero-order valence-corrected chi connectivity index (χ0v) is 14.2. The van der Waals surface area contributed by atoms with Crippen molar-refractivity contribution in [1.29, 1.82) is 0 Å². The van der Waals surface area contributed by atoms with Crippen LogP contribution in [-0.4, -0.2) is 22.6 Å². The summed E-state index contributed by atoms with van der Waals surface area (Å²) in [5.74, 6) is 0. The molecule has 2 rings (SSSR count). The SMILES string of the molecule is CCCNC(Cc1ncnc2c1CCCCC2)C(C)(C)C. The molecule has 0 amide bonds. The fourth-order valence-corrected chi connectivity index (χ4v) is 3.14. The van der Waals surface area contributed by atoms with Crippen LogP contribution in [-0.2, 0) is 19.3 Å². The van der Waals surface area contributed by atoms with E-state index in [4.69, 9.17) is 0 Å². The average Bonchev–Trinajstić information content (AvgIpc) is 2.67. The minimum absolute atomic E-state index is 0.248. The fraction of sp³-hybridized carbons (Fsp3) is 0.778. The molecule has 1 N–H and O–H groups in total. The van der Waals surface area contributed by atoms with Gasteiger partial charge in [0.1, 0.15) is 6.33 Å². The van der Waals surface area contributed by atoms with E-state index in [0.717, 1.165) is 25.8 Å². The quantitative estimate of drug-likeness (QED) is 0.840. The predicted octanol–water partition coefficient (Wildman–Crippen LogP) is 3.70. The van der Waals surface area contributed by atoms with Crippen molar-refractivity contribution in [2.75, 3.05) is 6.54 Å². The monoisotopic (exact) mass is 289 g/mol. The first-order chi connectivity index (χ1) is 10.0. The molecule has 1 atom stereocenters. The molecule has 0 fully saturated rings. The van der Waals surface area contributed by atoms with Crippen LogP contribution in [0.15, 0.2) is 6.33 Å². The fourth-order valence-electron chi connectivity index (χ4n) is 3.14. The second-order valence-corrected chi connectivity index (χ2v) is 7.38. The predicted molar refractivity (Wildman–Crippen MR) is 88.5 cm³/mol. The first kappa shape index (κ1) is 16.4. The molecule has 1 aliphatic carbocycles. The number of fused-ring (bicyclic) bond motifs is 1. The minimum atomic E-state index is 0.248. The third-order valence-corrected chi connectivity index (χ3v) is 4.55. The summed E-state index contributed by atoms with van der Waals surface area (Å²) in [6, 6.07) is 0.472.